The summed E-state index contributed by atoms with van der Waals surface area (Å²) in [7, 11) is 0. The number of rotatable bonds is 3. The van der Waals surface area contributed by atoms with Gasteiger partial charge in [0.15, 0.2) is 0 Å². The maximum Gasteiger partial charge on any atom is 0.252 e. The summed E-state index contributed by atoms with van der Waals surface area (Å²) in [5.41, 5.74) is -0.0761. The summed E-state index contributed by atoms with van der Waals surface area (Å²) in [6.45, 7) is 0.488. The standard InChI is InChI=1S/C14H19NO2/c16-13(14(17)9-5-2-6-10-14)15-11-12-7-3-1-4-8-12/h1,3-4,7-8,17H,2,5-6,9-11H2,(H,15,16). The molecule has 1 saturated carbocycles. The predicted molar refractivity (Wildman–Crippen MR) is 66.3 cm³/mol. The Balaban J connectivity index is 1.88. The molecule has 1 fully saturated rings. The van der Waals surface area contributed by atoms with Gasteiger partial charge in [0, 0.05) is 6.54 Å². The van der Waals surface area contributed by atoms with E-state index in [1.54, 1.807) is 0 Å². The topological polar surface area (TPSA) is 49.3 Å². The number of hydrogen-bond acceptors (Lipinski definition) is 2. The van der Waals surface area contributed by atoms with Gasteiger partial charge in [0.1, 0.15) is 5.60 Å². The predicted octanol–water partition coefficient (Wildman–Crippen LogP) is 2.00. The van der Waals surface area contributed by atoms with Crippen molar-refractivity contribution >= 4 is 5.91 Å². The summed E-state index contributed by atoms with van der Waals surface area (Å²) in [6.07, 6.45) is 4.18. The van der Waals surface area contributed by atoms with Gasteiger partial charge in [0.2, 0.25) is 0 Å². The summed E-state index contributed by atoms with van der Waals surface area (Å²) >= 11 is 0. The highest BCUT2D eigenvalue weighted by atomic mass is 16.3. The third kappa shape index (κ3) is 3.07. The van der Waals surface area contributed by atoms with Gasteiger partial charge in [-0.15, -0.1) is 0 Å². The number of aliphatic hydroxyl groups is 1. The van der Waals surface area contributed by atoms with E-state index in [0.717, 1.165) is 24.8 Å². The molecule has 1 aliphatic carbocycles. The molecule has 1 amide bonds. The molecule has 0 bridgehead atoms. The van der Waals surface area contributed by atoms with Crippen molar-refractivity contribution in [2.45, 2.75) is 44.2 Å². The van der Waals surface area contributed by atoms with Crippen molar-refractivity contribution < 1.29 is 9.90 Å². The van der Waals surface area contributed by atoms with Crippen molar-refractivity contribution in [1.82, 2.24) is 5.32 Å². The van der Waals surface area contributed by atoms with Gasteiger partial charge in [-0.05, 0) is 18.4 Å². The lowest BCUT2D eigenvalue weighted by Crippen LogP contribution is -2.47. The Hall–Kier alpha value is -1.35. The first-order chi connectivity index (χ1) is 8.21. The van der Waals surface area contributed by atoms with E-state index < -0.39 is 5.60 Å². The van der Waals surface area contributed by atoms with Crippen molar-refractivity contribution in [3.8, 4) is 0 Å². The number of carbonyl (C=O) groups excluding carboxylic acids is 1. The Kier molecular flexibility index (Phi) is 3.79. The van der Waals surface area contributed by atoms with Crippen LogP contribution in [0.5, 0.6) is 0 Å². The molecule has 2 rings (SSSR count). The number of benzene rings is 1. The van der Waals surface area contributed by atoms with Crippen molar-refractivity contribution in [3.05, 3.63) is 35.9 Å². The monoisotopic (exact) mass is 233 g/mol. The molecule has 3 heteroatoms. The molecule has 1 aromatic rings. The van der Waals surface area contributed by atoms with Crippen molar-refractivity contribution in [1.29, 1.82) is 0 Å². The molecule has 1 aromatic carbocycles. The molecule has 2 N–H and O–H groups in total. The fourth-order valence-corrected chi connectivity index (χ4v) is 2.31. The van der Waals surface area contributed by atoms with Crippen LogP contribution in [0.2, 0.25) is 0 Å². The van der Waals surface area contributed by atoms with E-state index >= 15 is 0 Å². The highest BCUT2D eigenvalue weighted by Crippen LogP contribution is 2.28. The normalized spacial score (nSPS) is 18.6. The van der Waals surface area contributed by atoms with Crippen LogP contribution in [0.1, 0.15) is 37.7 Å². The van der Waals surface area contributed by atoms with Crippen LogP contribution in [0.4, 0.5) is 0 Å². The first-order valence-electron chi connectivity index (χ1n) is 6.25. The van der Waals surface area contributed by atoms with Gasteiger partial charge >= 0.3 is 0 Å². The van der Waals surface area contributed by atoms with Gasteiger partial charge in [-0.2, -0.15) is 0 Å². The Morgan fingerprint density at radius 2 is 1.82 bits per heavy atom. The molecule has 3 nitrogen and oxygen atoms in total. The molecule has 17 heavy (non-hydrogen) atoms. The minimum Gasteiger partial charge on any atom is -0.380 e. The van der Waals surface area contributed by atoms with Crippen LogP contribution in [-0.4, -0.2) is 16.6 Å². The lowest BCUT2D eigenvalue weighted by molar-refractivity contribution is -0.143. The summed E-state index contributed by atoms with van der Waals surface area (Å²) in [5, 5.41) is 13.0. The van der Waals surface area contributed by atoms with E-state index in [2.05, 4.69) is 5.32 Å². The second kappa shape index (κ2) is 5.32. The van der Waals surface area contributed by atoms with Gasteiger partial charge in [0.05, 0.1) is 0 Å². The van der Waals surface area contributed by atoms with E-state index in [1.807, 2.05) is 30.3 Å². The van der Waals surface area contributed by atoms with E-state index in [0.29, 0.717) is 19.4 Å². The molecule has 0 radical (unpaired) electrons. The number of amides is 1. The molecule has 0 spiro atoms. The number of hydrogen-bond donors (Lipinski definition) is 2. The van der Waals surface area contributed by atoms with Gasteiger partial charge in [0.25, 0.3) is 5.91 Å². The van der Waals surface area contributed by atoms with Crippen LogP contribution in [0, 0.1) is 0 Å². The first-order valence-corrected chi connectivity index (χ1v) is 6.25. The van der Waals surface area contributed by atoms with E-state index in [-0.39, 0.29) is 5.91 Å². The first kappa shape index (κ1) is 12.1. The van der Waals surface area contributed by atoms with Crippen LogP contribution < -0.4 is 5.32 Å². The SMILES string of the molecule is O=C(NCc1ccccc1)C1(O)CCCCC1. The van der Waals surface area contributed by atoms with Gasteiger partial charge in [-0.3, -0.25) is 4.79 Å². The maximum atomic E-state index is 11.9. The minimum absolute atomic E-state index is 0.221. The summed E-state index contributed by atoms with van der Waals surface area (Å²) in [6, 6.07) is 9.75. The van der Waals surface area contributed by atoms with Crippen molar-refractivity contribution in [2.24, 2.45) is 0 Å². The second-order valence-corrected chi connectivity index (χ2v) is 4.76. The second-order valence-electron chi connectivity index (χ2n) is 4.76. The third-order valence-electron chi connectivity index (χ3n) is 3.40. The minimum atomic E-state index is -1.13. The summed E-state index contributed by atoms with van der Waals surface area (Å²) < 4.78 is 0. The van der Waals surface area contributed by atoms with Gasteiger partial charge < -0.3 is 10.4 Å². The Bertz CT molecular complexity index is 369. The smallest absolute Gasteiger partial charge is 0.252 e. The van der Waals surface area contributed by atoms with E-state index in [9.17, 15) is 9.90 Å². The maximum absolute atomic E-state index is 11.9. The van der Waals surface area contributed by atoms with Crippen LogP contribution in [0.15, 0.2) is 30.3 Å². The quantitative estimate of drug-likeness (QED) is 0.839. The Labute approximate surface area is 102 Å². The Morgan fingerprint density at radius 1 is 1.18 bits per heavy atom. The zero-order chi connectivity index (χ0) is 12.1. The highest BCUT2D eigenvalue weighted by Gasteiger charge is 2.36. The average molecular weight is 233 g/mol. The average Bonchev–Trinajstić information content (AvgIpc) is 2.38. The Morgan fingerprint density at radius 3 is 2.47 bits per heavy atom. The molecule has 1 aliphatic rings. The molecule has 0 unspecified atom stereocenters. The largest absolute Gasteiger partial charge is 0.380 e. The van der Waals surface area contributed by atoms with Crippen LogP contribution >= 0.6 is 0 Å². The summed E-state index contributed by atoms with van der Waals surface area (Å²) in [5.74, 6) is -0.221. The van der Waals surface area contributed by atoms with Crippen molar-refractivity contribution in [2.75, 3.05) is 0 Å². The highest BCUT2D eigenvalue weighted by molar-refractivity contribution is 5.84. The van der Waals surface area contributed by atoms with Gasteiger partial charge in [-0.25, -0.2) is 0 Å². The number of nitrogens with one attached hydrogen (secondary N) is 1. The molecule has 0 aliphatic heterocycles. The third-order valence-corrected chi connectivity index (χ3v) is 3.40. The summed E-state index contributed by atoms with van der Waals surface area (Å²) in [4.78, 5) is 11.9. The van der Waals surface area contributed by atoms with Crippen LogP contribution in [-0.2, 0) is 11.3 Å². The van der Waals surface area contributed by atoms with E-state index in [4.69, 9.17) is 0 Å². The molecule has 92 valence electrons. The van der Waals surface area contributed by atoms with Crippen LogP contribution in [0.25, 0.3) is 0 Å². The van der Waals surface area contributed by atoms with E-state index in [1.165, 1.54) is 0 Å². The fraction of sp³-hybridized carbons (Fsp3) is 0.500. The molecule has 0 atom stereocenters. The number of carbonyl (C=O) groups is 1. The molecule has 0 saturated heterocycles. The zero-order valence-electron chi connectivity index (χ0n) is 9.98. The lowest BCUT2D eigenvalue weighted by atomic mass is 9.84. The zero-order valence-corrected chi connectivity index (χ0v) is 9.98. The lowest BCUT2D eigenvalue weighted by Gasteiger charge is -2.30. The molecule has 0 heterocycles. The fourth-order valence-electron chi connectivity index (χ4n) is 2.31. The molecule has 0 aromatic heterocycles. The molecular formula is C14H19NO2. The molecular weight excluding hydrogens is 214 g/mol. The van der Waals surface area contributed by atoms with Crippen LogP contribution in [0.3, 0.4) is 0 Å². The van der Waals surface area contributed by atoms with Crippen molar-refractivity contribution in [3.63, 3.8) is 0 Å². The van der Waals surface area contributed by atoms with Gasteiger partial charge in [-0.1, -0.05) is 49.6 Å².